The normalized spacial score (nSPS) is 18.9. The highest BCUT2D eigenvalue weighted by Gasteiger charge is 2.25. The van der Waals surface area contributed by atoms with Gasteiger partial charge in [0, 0.05) is 11.6 Å². The van der Waals surface area contributed by atoms with Crippen LogP contribution >= 0.6 is 11.6 Å². The Bertz CT molecular complexity index is 331. The minimum Gasteiger partial charge on any atom is -0.396 e. The maximum atomic E-state index is 9.19. The first kappa shape index (κ1) is 11.9. The van der Waals surface area contributed by atoms with Gasteiger partial charge >= 0.3 is 0 Å². The molecule has 1 aliphatic carbocycles. The number of hydrogen-bond donors (Lipinski definition) is 1. The van der Waals surface area contributed by atoms with Gasteiger partial charge in [0.25, 0.3) is 0 Å². The Balaban J connectivity index is 2.17. The molecule has 0 radical (unpaired) electrons. The molecule has 1 atom stereocenters. The van der Waals surface area contributed by atoms with Crippen LogP contribution in [0.3, 0.4) is 0 Å². The second kappa shape index (κ2) is 5.70. The first-order valence-corrected chi connectivity index (χ1v) is 6.55. The molecule has 88 valence electrons. The molecule has 1 N–H and O–H groups in total. The van der Waals surface area contributed by atoms with Crippen molar-refractivity contribution in [2.24, 2.45) is 5.92 Å². The largest absolute Gasteiger partial charge is 0.396 e. The number of aliphatic hydroxyl groups is 1. The van der Waals surface area contributed by atoms with Crippen molar-refractivity contribution in [1.29, 1.82) is 0 Å². The first-order valence-electron chi connectivity index (χ1n) is 6.17. The summed E-state index contributed by atoms with van der Waals surface area (Å²) in [5, 5.41) is 10.00. The molecule has 0 bridgehead atoms. The minimum atomic E-state index is 0.272. The summed E-state index contributed by atoms with van der Waals surface area (Å²) in [5.74, 6) is 1.23. The third kappa shape index (κ3) is 2.78. The zero-order chi connectivity index (χ0) is 11.4. The average Bonchev–Trinajstić information content (AvgIpc) is 2.79. The van der Waals surface area contributed by atoms with E-state index in [1.807, 2.05) is 12.1 Å². The summed E-state index contributed by atoms with van der Waals surface area (Å²) in [4.78, 5) is 0. The van der Waals surface area contributed by atoms with E-state index >= 15 is 0 Å². The maximum absolute atomic E-state index is 9.19. The molecule has 2 heteroatoms. The molecular formula is C14H19ClO. The monoisotopic (exact) mass is 238 g/mol. The van der Waals surface area contributed by atoms with Crippen molar-refractivity contribution in [3.8, 4) is 0 Å². The van der Waals surface area contributed by atoms with Crippen molar-refractivity contribution < 1.29 is 5.11 Å². The summed E-state index contributed by atoms with van der Waals surface area (Å²) in [6, 6.07) is 8.12. The van der Waals surface area contributed by atoms with E-state index in [2.05, 4.69) is 12.1 Å². The molecule has 0 saturated heterocycles. The molecule has 2 rings (SSSR count). The van der Waals surface area contributed by atoms with Crippen LogP contribution in [0, 0.1) is 5.92 Å². The molecule has 16 heavy (non-hydrogen) atoms. The summed E-state index contributed by atoms with van der Waals surface area (Å²) < 4.78 is 0. The molecule has 0 heterocycles. The Morgan fingerprint density at radius 2 is 2.06 bits per heavy atom. The van der Waals surface area contributed by atoms with Gasteiger partial charge in [-0.15, -0.1) is 0 Å². The van der Waals surface area contributed by atoms with E-state index < -0.39 is 0 Å². The molecular weight excluding hydrogens is 220 g/mol. The first-order chi connectivity index (χ1) is 7.81. The number of halogens is 1. The molecule has 0 aromatic heterocycles. The molecule has 0 aliphatic heterocycles. The zero-order valence-corrected chi connectivity index (χ0v) is 10.3. The second-order valence-electron chi connectivity index (χ2n) is 4.72. The van der Waals surface area contributed by atoms with E-state index in [4.69, 9.17) is 11.6 Å². The van der Waals surface area contributed by atoms with Crippen molar-refractivity contribution >= 4 is 11.6 Å². The number of benzene rings is 1. The molecule has 1 unspecified atom stereocenters. The molecule has 1 saturated carbocycles. The summed E-state index contributed by atoms with van der Waals surface area (Å²) in [6.07, 6.45) is 6.15. The van der Waals surface area contributed by atoms with E-state index in [-0.39, 0.29) is 6.61 Å². The van der Waals surface area contributed by atoms with E-state index in [9.17, 15) is 5.11 Å². The van der Waals surface area contributed by atoms with Gasteiger partial charge in [-0.25, -0.2) is 0 Å². The van der Waals surface area contributed by atoms with Gasteiger partial charge in [-0.3, -0.25) is 0 Å². The predicted molar refractivity (Wildman–Crippen MR) is 67.9 cm³/mol. The van der Waals surface area contributed by atoms with E-state index in [1.54, 1.807) is 0 Å². The van der Waals surface area contributed by atoms with Crippen LogP contribution in [-0.4, -0.2) is 11.7 Å². The van der Waals surface area contributed by atoms with Gasteiger partial charge in [0.15, 0.2) is 0 Å². The summed E-state index contributed by atoms with van der Waals surface area (Å²) in [7, 11) is 0. The topological polar surface area (TPSA) is 20.2 Å². The maximum Gasteiger partial charge on any atom is 0.0436 e. The van der Waals surface area contributed by atoms with Crippen LogP contribution in [0.25, 0.3) is 0 Å². The van der Waals surface area contributed by atoms with Crippen LogP contribution in [0.2, 0.25) is 5.02 Å². The lowest BCUT2D eigenvalue weighted by molar-refractivity contribution is 0.254. The highest BCUT2D eigenvalue weighted by molar-refractivity contribution is 6.30. The van der Waals surface area contributed by atoms with Gasteiger partial charge in [0.2, 0.25) is 0 Å². The minimum absolute atomic E-state index is 0.272. The fraction of sp³-hybridized carbons (Fsp3) is 0.571. The third-order valence-corrected chi connectivity index (χ3v) is 3.92. The van der Waals surface area contributed by atoms with E-state index in [0.29, 0.717) is 5.92 Å². The predicted octanol–water partition coefficient (Wildman–Crippen LogP) is 4.00. The number of rotatable bonds is 4. The lowest BCUT2D eigenvalue weighted by Gasteiger charge is -2.23. The fourth-order valence-electron chi connectivity index (χ4n) is 2.91. The average molecular weight is 239 g/mol. The van der Waals surface area contributed by atoms with Crippen molar-refractivity contribution in [3.05, 3.63) is 34.9 Å². The SMILES string of the molecule is OCCC(c1cccc(Cl)c1)C1CCCC1. The number of aliphatic hydroxyl groups excluding tert-OH is 1. The van der Waals surface area contributed by atoms with Crippen molar-refractivity contribution in [2.45, 2.75) is 38.0 Å². The van der Waals surface area contributed by atoms with Gasteiger partial charge in [0.1, 0.15) is 0 Å². The molecule has 1 fully saturated rings. The fourth-order valence-corrected chi connectivity index (χ4v) is 3.11. The smallest absolute Gasteiger partial charge is 0.0436 e. The highest BCUT2D eigenvalue weighted by atomic mass is 35.5. The molecule has 1 aromatic carbocycles. The Labute approximate surface area is 102 Å². The van der Waals surface area contributed by atoms with Gasteiger partial charge < -0.3 is 5.11 Å². The zero-order valence-electron chi connectivity index (χ0n) is 9.53. The van der Waals surface area contributed by atoms with Crippen molar-refractivity contribution in [2.75, 3.05) is 6.61 Å². The van der Waals surface area contributed by atoms with Crippen molar-refractivity contribution in [3.63, 3.8) is 0 Å². The summed E-state index contributed by atoms with van der Waals surface area (Å²) >= 11 is 6.03. The van der Waals surface area contributed by atoms with E-state index in [0.717, 1.165) is 17.4 Å². The Morgan fingerprint density at radius 3 is 2.69 bits per heavy atom. The highest BCUT2D eigenvalue weighted by Crippen LogP contribution is 2.39. The summed E-state index contributed by atoms with van der Waals surface area (Å²) in [6.45, 7) is 0.272. The molecule has 0 amide bonds. The third-order valence-electron chi connectivity index (χ3n) is 3.69. The lowest BCUT2D eigenvalue weighted by atomic mass is 9.83. The molecule has 1 aromatic rings. The standard InChI is InChI=1S/C14H19ClO/c15-13-7-3-6-12(10-13)14(8-9-16)11-4-1-2-5-11/h3,6-7,10-11,14,16H,1-2,4-5,8-9H2. The van der Waals surface area contributed by atoms with E-state index in [1.165, 1.54) is 31.2 Å². The number of hydrogen-bond acceptors (Lipinski definition) is 1. The Morgan fingerprint density at radius 1 is 1.31 bits per heavy atom. The van der Waals surface area contributed by atoms with Crippen LogP contribution in [0.1, 0.15) is 43.6 Å². The van der Waals surface area contributed by atoms with Crippen LogP contribution in [-0.2, 0) is 0 Å². The van der Waals surface area contributed by atoms with Crippen LogP contribution < -0.4 is 0 Å². The summed E-state index contributed by atoms with van der Waals surface area (Å²) in [5.41, 5.74) is 1.30. The quantitative estimate of drug-likeness (QED) is 0.841. The Hall–Kier alpha value is -0.530. The molecule has 1 nitrogen and oxygen atoms in total. The van der Waals surface area contributed by atoms with Gasteiger partial charge in [-0.05, 0) is 48.8 Å². The van der Waals surface area contributed by atoms with Gasteiger partial charge in [-0.1, -0.05) is 36.6 Å². The lowest BCUT2D eigenvalue weighted by Crippen LogP contribution is -2.11. The van der Waals surface area contributed by atoms with Gasteiger partial charge in [0.05, 0.1) is 0 Å². The molecule has 0 spiro atoms. The van der Waals surface area contributed by atoms with Crippen molar-refractivity contribution in [1.82, 2.24) is 0 Å². The second-order valence-corrected chi connectivity index (χ2v) is 5.15. The molecule has 1 aliphatic rings. The Kier molecular flexibility index (Phi) is 4.25. The van der Waals surface area contributed by atoms with Gasteiger partial charge in [-0.2, -0.15) is 0 Å². The van der Waals surface area contributed by atoms with Crippen LogP contribution in [0.15, 0.2) is 24.3 Å². The van der Waals surface area contributed by atoms with Crippen LogP contribution in [0.4, 0.5) is 0 Å². The van der Waals surface area contributed by atoms with Crippen LogP contribution in [0.5, 0.6) is 0 Å².